The van der Waals surface area contributed by atoms with Crippen molar-refractivity contribution in [3.8, 4) is 0 Å². The summed E-state index contributed by atoms with van der Waals surface area (Å²) in [5, 5.41) is 6.02. The molecule has 0 radical (unpaired) electrons. The number of urea groups is 1. The lowest BCUT2D eigenvalue weighted by molar-refractivity contribution is -0.124. The van der Waals surface area contributed by atoms with E-state index < -0.39 is 0 Å². The molecule has 0 bridgehead atoms. The molecule has 3 amide bonds. The zero-order valence-electron chi connectivity index (χ0n) is 10.6. The van der Waals surface area contributed by atoms with Gasteiger partial charge in [-0.3, -0.25) is 4.79 Å². The Kier molecular flexibility index (Phi) is 4.27. The van der Waals surface area contributed by atoms with Crippen molar-refractivity contribution in [2.75, 3.05) is 25.5 Å². The van der Waals surface area contributed by atoms with Crippen LogP contribution in [0.2, 0.25) is 5.02 Å². The average molecular weight is 282 g/mol. The molecule has 0 aromatic heterocycles. The summed E-state index contributed by atoms with van der Waals surface area (Å²) >= 11 is 5.78. The number of anilines is 1. The van der Waals surface area contributed by atoms with Crippen molar-refractivity contribution in [3.63, 3.8) is 0 Å². The minimum Gasteiger partial charge on any atom is -0.359 e. The first-order valence-electron chi connectivity index (χ1n) is 6.13. The fourth-order valence-electron chi connectivity index (χ4n) is 2.10. The van der Waals surface area contributed by atoms with Gasteiger partial charge in [-0.1, -0.05) is 11.6 Å². The minimum absolute atomic E-state index is 0.0122. The van der Waals surface area contributed by atoms with Gasteiger partial charge in [0, 0.05) is 30.8 Å². The third-order valence-electron chi connectivity index (χ3n) is 3.19. The molecule has 1 aromatic carbocycles. The Morgan fingerprint density at radius 2 is 2.00 bits per heavy atom. The largest absolute Gasteiger partial charge is 0.359 e. The van der Waals surface area contributed by atoms with Gasteiger partial charge >= 0.3 is 6.03 Å². The molecular formula is C13H16ClN3O2. The molecular weight excluding hydrogens is 266 g/mol. The highest BCUT2D eigenvalue weighted by atomic mass is 35.5. The number of carbonyl (C=O) groups excluding carboxylic acids is 2. The number of nitrogens with zero attached hydrogens (tertiary/aromatic N) is 1. The van der Waals surface area contributed by atoms with E-state index in [0.29, 0.717) is 30.2 Å². The minimum atomic E-state index is -0.186. The van der Waals surface area contributed by atoms with Crippen molar-refractivity contribution in [2.24, 2.45) is 5.92 Å². The topological polar surface area (TPSA) is 61.4 Å². The van der Waals surface area contributed by atoms with E-state index in [1.807, 2.05) is 0 Å². The molecule has 1 fully saturated rings. The third-order valence-corrected chi connectivity index (χ3v) is 3.44. The molecule has 1 saturated heterocycles. The summed E-state index contributed by atoms with van der Waals surface area (Å²) in [5.74, 6) is -0.122. The molecule has 6 heteroatoms. The normalized spacial score (nSPS) is 18.2. The van der Waals surface area contributed by atoms with Gasteiger partial charge in [0.1, 0.15) is 0 Å². The smallest absolute Gasteiger partial charge is 0.321 e. The molecule has 0 spiro atoms. The van der Waals surface area contributed by atoms with E-state index in [1.165, 1.54) is 0 Å². The van der Waals surface area contributed by atoms with Crippen LogP contribution in [0, 0.1) is 5.92 Å². The number of nitrogens with one attached hydrogen (secondary N) is 2. The van der Waals surface area contributed by atoms with Gasteiger partial charge in [-0.2, -0.15) is 0 Å². The standard InChI is InChI=1S/C13H16ClN3O2/c1-15-12(18)9-6-7-17(8-9)13(19)16-11-4-2-10(14)3-5-11/h2-5,9H,6-8H2,1H3,(H,15,18)(H,16,19)/t9-/m0/s1. The zero-order valence-corrected chi connectivity index (χ0v) is 11.4. The monoisotopic (exact) mass is 281 g/mol. The van der Waals surface area contributed by atoms with Gasteiger partial charge in [0.2, 0.25) is 5.91 Å². The Balaban J connectivity index is 1.91. The maximum Gasteiger partial charge on any atom is 0.321 e. The molecule has 2 N–H and O–H groups in total. The molecule has 1 aliphatic heterocycles. The van der Waals surface area contributed by atoms with Crippen LogP contribution in [0.3, 0.4) is 0 Å². The van der Waals surface area contributed by atoms with Crippen LogP contribution in [0.4, 0.5) is 10.5 Å². The lowest BCUT2D eigenvalue weighted by atomic mass is 10.1. The van der Waals surface area contributed by atoms with Crippen LogP contribution >= 0.6 is 11.6 Å². The van der Waals surface area contributed by atoms with Gasteiger partial charge in [0.05, 0.1) is 5.92 Å². The van der Waals surface area contributed by atoms with Gasteiger partial charge in [0.15, 0.2) is 0 Å². The van der Waals surface area contributed by atoms with Crippen molar-refractivity contribution < 1.29 is 9.59 Å². The molecule has 19 heavy (non-hydrogen) atoms. The summed E-state index contributed by atoms with van der Waals surface area (Å²) in [7, 11) is 1.61. The lowest BCUT2D eigenvalue weighted by Crippen LogP contribution is -2.35. The van der Waals surface area contributed by atoms with E-state index >= 15 is 0 Å². The summed E-state index contributed by atoms with van der Waals surface area (Å²) in [4.78, 5) is 25.1. The molecule has 2 rings (SSSR count). The van der Waals surface area contributed by atoms with Crippen molar-refractivity contribution >= 4 is 29.2 Å². The molecule has 0 saturated carbocycles. The number of rotatable bonds is 2. The first kappa shape index (κ1) is 13.7. The maximum absolute atomic E-state index is 12.0. The van der Waals surface area contributed by atoms with Gasteiger partial charge < -0.3 is 15.5 Å². The van der Waals surface area contributed by atoms with Gasteiger partial charge in [-0.25, -0.2) is 4.79 Å². The van der Waals surface area contributed by atoms with Crippen molar-refractivity contribution in [3.05, 3.63) is 29.3 Å². The van der Waals surface area contributed by atoms with E-state index in [9.17, 15) is 9.59 Å². The highest BCUT2D eigenvalue weighted by molar-refractivity contribution is 6.30. The first-order valence-corrected chi connectivity index (χ1v) is 6.51. The van der Waals surface area contributed by atoms with Crippen LogP contribution in [0.25, 0.3) is 0 Å². The van der Waals surface area contributed by atoms with Crippen LogP contribution in [0.5, 0.6) is 0 Å². The molecule has 0 aliphatic carbocycles. The highest BCUT2D eigenvalue weighted by Crippen LogP contribution is 2.18. The molecule has 1 aromatic rings. The van der Waals surface area contributed by atoms with Crippen LogP contribution in [-0.4, -0.2) is 37.0 Å². The lowest BCUT2D eigenvalue weighted by Gasteiger charge is -2.17. The number of amides is 3. The van der Waals surface area contributed by atoms with Crippen LogP contribution in [0.15, 0.2) is 24.3 Å². The Labute approximate surface area is 116 Å². The Bertz CT molecular complexity index is 475. The second-order valence-corrected chi connectivity index (χ2v) is 4.92. The zero-order chi connectivity index (χ0) is 13.8. The number of hydrogen-bond acceptors (Lipinski definition) is 2. The predicted octanol–water partition coefficient (Wildman–Crippen LogP) is 1.94. The summed E-state index contributed by atoms with van der Waals surface area (Å²) in [6.07, 6.45) is 0.702. The molecule has 5 nitrogen and oxygen atoms in total. The van der Waals surface area contributed by atoms with E-state index in [4.69, 9.17) is 11.6 Å². The van der Waals surface area contributed by atoms with E-state index in [2.05, 4.69) is 10.6 Å². The van der Waals surface area contributed by atoms with Gasteiger partial charge in [-0.15, -0.1) is 0 Å². The van der Waals surface area contributed by atoms with Crippen LogP contribution in [-0.2, 0) is 4.79 Å². The van der Waals surface area contributed by atoms with Crippen LogP contribution < -0.4 is 10.6 Å². The average Bonchev–Trinajstić information content (AvgIpc) is 2.90. The Morgan fingerprint density at radius 1 is 1.32 bits per heavy atom. The number of likely N-dealkylation sites (tertiary alicyclic amines) is 1. The van der Waals surface area contributed by atoms with Crippen molar-refractivity contribution in [2.45, 2.75) is 6.42 Å². The summed E-state index contributed by atoms with van der Waals surface area (Å²) in [5.41, 5.74) is 0.692. The third kappa shape index (κ3) is 3.38. The number of benzene rings is 1. The maximum atomic E-state index is 12.0. The molecule has 102 valence electrons. The number of halogens is 1. The summed E-state index contributed by atoms with van der Waals surface area (Å²) < 4.78 is 0. The highest BCUT2D eigenvalue weighted by Gasteiger charge is 2.30. The van der Waals surface area contributed by atoms with Crippen molar-refractivity contribution in [1.29, 1.82) is 0 Å². The molecule has 1 aliphatic rings. The SMILES string of the molecule is CNC(=O)[C@H]1CCN(C(=O)Nc2ccc(Cl)cc2)C1. The Morgan fingerprint density at radius 3 is 2.63 bits per heavy atom. The van der Waals surface area contributed by atoms with Crippen LogP contribution in [0.1, 0.15) is 6.42 Å². The fourth-order valence-corrected chi connectivity index (χ4v) is 2.22. The van der Waals surface area contributed by atoms with Gasteiger partial charge in [-0.05, 0) is 30.7 Å². The molecule has 0 unspecified atom stereocenters. The summed E-state index contributed by atoms with van der Waals surface area (Å²) in [6, 6.07) is 6.73. The summed E-state index contributed by atoms with van der Waals surface area (Å²) in [6.45, 7) is 1.05. The first-order chi connectivity index (χ1) is 9.10. The second kappa shape index (κ2) is 5.93. The molecule has 1 atom stereocenters. The fraction of sp³-hybridized carbons (Fsp3) is 0.385. The van der Waals surface area contributed by atoms with E-state index in [0.717, 1.165) is 0 Å². The Hall–Kier alpha value is -1.75. The van der Waals surface area contributed by atoms with E-state index in [1.54, 1.807) is 36.2 Å². The molecule has 1 heterocycles. The second-order valence-electron chi connectivity index (χ2n) is 4.48. The van der Waals surface area contributed by atoms with Crippen molar-refractivity contribution in [1.82, 2.24) is 10.2 Å². The predicted molar refractivity (Wildman–Crippen MR) is 74.2 cm³/mol. The quantitative estimate of drug-likeness (QED) is 0.870. The number of hydrogen-bond donors (Lipinski definition) is 2. The van der Waals surface area contributed by atoms with Gasteiger partial charge in [0.25, 0.3) is 0 Å². The van der Waals surface area contributed by atoms with E-state index in [-0.39, 0.29) is 17.9 Å². The number of carbonyl (C=O) groups is 2.